The van der Waals surface area contributed by atoms with Gasteiger partial charge in [-0.25, -0.2) is 0 Å². The van der Waals surface area contributed by atoms with Crippen LogP contribution in [-0.2, 0) is 0 Å². The first-order chi connectivity index (χ1) is 10.7. The highest BCUT2D eigenvalue weighted by Crippen LogP contribution is 2.25. The Bertz CT molecular complexity index is 741. The highest BCUT2D eigenvalue weighted by molar-refractivity contribution is 6.24. The second-order valence-corrected chi connectivity index (χ2v) is 4.81. The van der Waals surface area contributed by atoms with E-state index in [0.29, 0.717) is 11.1 Å². The van der Waals surface area contributed by atoms with E-state index in [9.17, 15) is 9.90 Å². The monoisotopic (exact) mass is 294 g/mol. The minimum atomic E-state index is -0.375. The fourth-order valence-corrected chi connectivity index (χ4v) is 2.27. The molecule has 2 heterocycles. The first-order valence-electron chi connectivity index (χ1n) is 6.72. The molecule has 2 aromatic rings. The Morgan fingerprint density at radius 1 is 1.23 bits per heavy atom. The number of carbonyl (C=O) groups excluding carboxylic acids is 1. The van der Waals surface area contributed by atoms with Crippen molar-refractivity contribution in [2.45, 2.75) is 0 Å². The lowest BCUT2D eigenvalue weighted by atomic mass is 10.1. The van der Waals surface area contributed by atoms with Gasteiger partial charge in [0.15, 0.2) is 5.84 Å². The van der Waals surface area contributed by atoms with Gasteiger partial charge in [0, 0.05) is 12.4 Å². The molecule has 0 saturated carbocycles. The van der Waals surface area contributed by atoms with E-state index >= 15 is 0 Å². The summed E-state index contributed by atoms with van der Waals surface area (Å²) in [6.07, 6.45) is 3.02. The number of rotatable bonds is 3. The number of aliphatic hydroxyl groups excluding tert-OH is 1. The molecule has 110 valence electrons. The van der Waals surface area contributed by atoms with E-state index < -0.39 is 0 Å². The summed E-state index contributed by atoms with van der Waals surface area (Å²) in [6, 6.07) is 12.4. The van der Waals surface area contributed by atoms with Crippen molar-refractivity contribution < 1.29 is 9.90 Å². The summed E-state index contributed by atoms with van der Waals surface area (Å²) in [6.45, 7) is 0.0645. The predicted molar refractivity (Wildman–Crippen MR) is 82.1 cm³/mol. The Balaban J connectivity index is 1.77. The van der Waals surface area contributed by atoms with E-state index in [4.69, 9.17) is 5.41 Å². The number of hydrogen-bond acceptors (Lipinski definition) is 4. The van der Waals surface area contributed by atoms with Gasteiger partial charge >= 0.3 is 0 Å². The maximum atomic E-state index is 12.1. The van der Waals surface area contributed by atoms with Crippen LogP contribution in [0.5, 0.6) is 0 Å². The molecule has 0 spiro atoms. The maximum Gasteiger partial charge on any atom is 0.271 e. The van der Waals surface area contributed by atoms with Gasteiger partial charge in [-0.1, -0.05) is 30.3 Å². The van der Waals surface area contributed by atoms with Crippen molar-refractivity contribution in [2.75, 3.05) is 6.54 Å². The fourth-order valence-electron chi connectivity index (χ4n) is 2.27. The fraction of sp³-hybridized carbons (Fsp3) is 0.0625. The van der Waals surface area contributed by atoms with Gasteiger partial charge in [0.1, 0.15) is 5.76 Å². The molecule has 6 nitrogen and oxygen atoms in total. The molecule has 0 radical (unpaired) electrons. The molecule has 1 aliphatic heterocycles. The van der Waals surface area contributed by atoms with E-state index in [1.54, 1.807) is 18.3 Å². The van der Waals surface area contributed by atoms with Crippen LogP contribution < -0.4 is 5.43 Å². The molecule has 1 aliphatic rings. The number of nitrogens with one attached hydrogen (secondary N) is 2. The molecule has 0 fully saturated rings. The number of nitrogens with zero attached hydrogens (tertiary/aromatic N) is 2. The topological polar surface area (TPSA) is 89.3 Å². The third-order valence-electron chi connectivity index (χ3n) is 3.33. The Morgan fingerprint density at radius 3 is 2.68 bits per heavy atom. The zero-order valence-electron chi connectivity index (χ0n) is 11.7. The SMILES string of the molecule is N=C1C(c2ccccc2)=C(O)CN1NC(=O)c1cccnc1. The lowest BCUT2D eigenvalue weighted by Crippen LogP contribution is -2.43. The lowest BCUT2D eigenvalue weighted by Gasteiger charge is -2.19. The second-order valence-electron chi connectivity index (χ2n) is 4.81. The lowest BCUT2D eigenvalue weighted by molar-refractivity contribution is 0.0874. The van der Waals surface area contributed by atoms with E-state index in [0.717, 1.165) is 5.56 Å². The molecule has 0 saturated heterocycles. The molecule has 1 amide bonds. The normalized spacial score (nSPS) is 14.4. The summed E-state index contributed by atoms with van der Waals surface area (Å²) >= 11 is 0. The maximum absolute atomic E-state index is 12.1. The van der Waals surface area contributed by atoms with Crippen molar-refractivity contribution in [3.63, 3.8) is 0 Å². The summed E-state index contributed by atoms with van der Waals surface area (Å²) in [5, 5.41) is 19.6. The van der Waals surface area contributed by atoms with Crippen molar-refractivity contribution in [3.05, 3.63) is 71.7 Å². The first-order valence-corrected chi connectivity index (χ1v) is 6.72. The summed E-state index contributed by atoms with van der Waals surface area (Å²) < 4.78 is 0. The molecule has 0 atom stereocenters. The van der Waals surface area contributed by atoms with E-state index in [1.807, 2.05) is 30.3 Å². The van der Waals surface area contributed by atoms with Gasteiger partial charge in [0.2, 0.25) is 0 Å². The van der Waals surface area contributed by atoms with Crippen LogP contribution in [0.3, 0.4) is 0 Å². The number of pyridine rings is 1. The molecule has 22 heavy (non-hydrogen) atoms. The summed E-state index contributed by atoms with van der Waals surface area (Å²) in [7, 11) is 0. The Labute approximate surface area is 127 Å². The molecular weight excluding hydrogens is 280 g/mol. The van der Waals surface area contributed by atoms with Gasteiger partial charge in [-0.15, -0.1) is 0 Å². The number of aromatic nitrogens is 1. The number of amidine groups is 1. The van der Waals surface area contributed by atoms with Gasteiger partial charge in [0.05, 0.1) is 17.7 Å². The molecule has 0 bridgehead atoms. The molecular formula is C16H14N4O2. The van der Waals surface area contributed by atoms with E-state index in [-0.39, 0.29) is 24.0 Å². The van der Waals surface area contributed by atoms with Gasteiger partial charge in [-0.05, 0) is 17.7 Å². The minimum Gasteiger partial charge on any atom is -0.510 e. The highest BCUT2D eigenvalue weighted by Gasteiger charge is 2.29. The van der Waals surface area contributed by atoms with Crippen molar-refractivity contribution in [3.8, 4) is 0 Å². The smallest absolute Gasteiger partial charge is 0.271 e. The van der Waals surface area contributed by atoms with Gasteiger partial charge in [0.25, 0.3) is 5.91 Å². The third kappa shape index (κ3) is 2.54. The zero-order chi connectivity index (χ0) is 15.5. The molecule has 0 aliphatic carbocycles. The Kier molecular flexibility index (Phi) is 3.57. The minimum absolute atomic E-state index is 0.0564. The second kappa shape index (κ2) is 5.69. The van der Waals surface area contributed by atoms with Crippen molar-refractivity contribution in [1.29, 1.82) is 5.41 Å². The Morgan fingerprint density at radius 2 is 2.00 bits per heavy atom. The molecule has 1 aromatic carbocycles. The van der Waals surface area contributed by atoms with Crippen molar-refractivity contribution in [1.82, 2.24) is 15.4 Å². The molecule has 3 N–H and O–H groups in total. The van der Waals surface area contributed by atoms with Crippen LogP contribution >= 0.6 is 0 Å². The van der Waals surface area contributed by atoms with Crippen LogP contribution in [0.1, 0.15) is 15.9 Å². The summed E-state index contributed by atoms with van der Waals surface area (Å²) in [4.78, 5) is 16.0. The molecule has 0 unspecified atom stereocenters. The Hall–Kier alpha value is -3.15. The molecule has 1 aromatic heterocycles. The van der Waals surface area contributed by atoms with Gasteiger partial charge < -0.3 is 5.11 Å². The summed E-state index contributed by atoms with van der Waals surface area (Å²) in [5.41, 5.74) is 4.16. The standard InChI is InChI=1S/C16H14N4O2/c17-15-14(11-5-2-1-3-6-11)13(21)10-20(15)19-16(22)12-7-4-8-18-9-12/h1-9,17,21H,10H2,(H,19,22). The van der Waals surface area contributed by atoms with Crippen LogP contribution in [0.4, 0.5) is 0 Å². The average Bonchev–Trinajstić information content (AvgIpc) is 2.83. The van der Waals surface area contributed by atoms with E-state index in [2.05, 4.69) is 10.4 Å². The number of amides is 1. The van der Waals surface area contributed by atoms with Crippen molar-refractivity contribution >= 4 is 17.3 Å². The number of hydrazine groups is 1. The van der Waals surface area contributed by atoms with Crippen molar-refractivity contribution in [2.24, 2.45) is 0 Å². The molecule has 6 heteroatoms. The van der Waals surface area contributed by atoms with Crippen LogP contribution in [0, 0.1) is 5.41 Å². The van der Waals surface area contributed by atoms with Crippen LogP contribution in [-0.4, -0.2) is 33.4 Å². The number of aliphatic hydroxyl groups is 1. The van der Waals surface area contributed by atoms with Crippen LogP contribution in [0.2, 0.25) is 0 Å². The van der Waals surface area contributed by atoms with Crippen LogP contribution in [0.15, 0.2) is 60.6 Å². The first kappa shape index (κ1) is 13.8. The third-order valence-corrected chi connectivity index (χ3v) is 3.33. The number of benzene rings is 1. The number of carbonyl (C=O) groups is 1. The van der Waals surface area contributed by atoms with Gasteiger partial charge in [-0.2, -0.15) is 0 Å². The van der Waals surface area contributed by atoms with Gasteiger partial charge in [-0.3, -0.25) is 25.6 Å². The largest absolute Gasteiger partial charge is 0.510 e. The number of hydrogen-bond donors (Lipinski definition) is 3. The summed E-state index contributed by atoms with van der Waals surface area (Å²) in [5.74, 6) is -0.261. The average molecular weight is 294 g/mol. The van der Waals surface area contributed by atoms with Crippen LogP contribution in [0.25, 0.3) is 5.57 Å². The predicted octanol–water partition coefficient (Wildman–Crippen LogP) is 1.99. The quantitative estimate of drug-likeness (QED) is 0.807. The highest BCUT2D eigenvalue weighted by atomic mass is 16.3. The van der Waals surface area contributed by atoms with E-state index in [1.165, 1.54) is 11.2 Å². The molecule has 3 rings (SSSR count). The zero-order valence-corrected chi connectivity index (χ0v) is 11.7.